The van der Waals surface area contributed by atoms with E-state index in [1.807, 2.05) is 11.0 Å². The second-order valence-electron chi connectivity index (χ2n) is 7.22. The summed E-state index contributed by atoms with van der Waals surface area (Å²) in [4.78, 5) is 25.5. The predicted molar refractivity (Wildman–Crippen MR) is 103 cm³/mol. The summed E-state index contributed by atoms with van der Waals surface area (Å²) in [5.74, 6) is 0.0874. The van der Waals surface area contributed by atoms with E-state index in [1.54, 1.807) is 18.5 Å². The van der Waals surface area contributed by atoms with Crippen molar-refractivity contribution in [2.45, 2.75) is 25.7 Å². The van der Waals surface area contributed by atoms with Crippen LogP contribution in [0.25, 0.3) is 0 Å². The molecule has 142 valence electrons. The van der Waals surface area contributed by atoms with Gasteiger partial charge in [0.2, 0.25) is 11.9 Å². The molecule has 0 aliphatic carbocycles. The van der Waals surface area contributed by atoms with Gasteiger partial charge in [0.1, 0.15) is 5.82 Å². The summed E-state index contributed by atoms with van der Waals surface area (Å²) in [6, 6.07) is 6.57. The Morgan fingerprint density at radius 2 is 1.78 bits per heavy atom. The number of nitrogens with one attached hydrogen (secondary N) is 1. The number of rotatable bonds is 4. The average molecular weight is 369 g/mol. The number of anilines is 3. The van der Waals surface area contributed by atoms with Crippen LogP contribution in [0.2, 0.25) is 0 Å². The second-order valence-corrected chi connectivity index (χ2v) is 7.22. The van der Waals surface area contributed by atoms with Gasteiger partial charge in [0, 0.05) is 49.9 Å². The molecule has 1 atom stereocenters. The Balaban J connectivity index is 1.44. The summed E-state index contributed by atoms with van der Waals surface area (Å²) in [6.45, 7) is 3.29. The lowest BCUT2D eigenvalue weighted by Crippen LogP contribution is -2.41. The highest BCUT2D eigenvalue weighted by atomic mass is 19.1. The normalized spacial score (nSPS) is 20.0. The molecule has 0 saturated carbocycles. The van der Waals surface area contributed by atoms with E-state index < -0.39 is 0 Å². The minimum Gasteiger partial charge on any atom is -0.371 e. The first-order valence-corrected chi connectivity index (χ1v) is 9.57. The van der Waals surface area contributed by atoms with Crippen molar-refractivity contribution >= 4 is 23.2 Å². The van der Waals surface area contributed by atoms with Gasteiger partial charge in [0.25, 0.3) is 0 Å². The topological polar surface area (TPSA) is 61.4 Å². The fourth-order valence-electron chi connectivity index (χ4n) is 3.88. The Hall–Kier alpha value is -2.70. The molecule has 0 spiro atoms. The number of piperidine rings is 1. The smallest absolute Gasteiger partial charge is 0.229 e. The Kier molecular flexibility index (Phi) is 5.18. The molecule has 27 heavy (non-hydrogen) atoms. The summed E-state index contributed by atoms with van der Waals surface area (Å²) in [5.41, 5.74) is 1.36. The van der Waals surface area contributed by atoms with Crippen LogP contribution >= 0.6 is 0 Å². The zero-order valence-corrected chi connectivity index (χ0v) is 15.3. The maximum absolute atomic E-state index is 14.1. The van der Waals surface area contributed by atoms with Crippen LogP contribution in [0.4, 0.5) is 21.7 Å². The molecule has 1 unspecified atom stereocenters. The molecular formula is C20H24FN5O. The third-order valence-corrected chi connectivity index (χ3v) is 5.25. The van der Waals surface area contributed by atoms with Gasteiger partial charge in [0.05, 0.1) is 5.92 Å². The number of benzene rings is 1. The predicted octanol–water partition coefficient (Wildman–Crippen LogP) is 3.07. The average Bonchev–Trinajstić information content (AvgIpc) is 3.23. The van der Waals surface area contributed by atoms with Gasteiger partial charge in [-0.25, -0.2) is 14.4 Å². The van der Waals surface area contributed by atoms with Gasteiger partial charge >= 0.3 is 0 Å². The van der Waals surface area contributed by atoms with Crippen LogP contribution in [0.15, 0.2) is 36.7 Å². The summed E-state index contributed by atoms with van der Waals surface area (Å²) >= 11 is 0. The first-order valence-electron chi connectivity index (χ1n) is 9.57. The molecule has 3 heterocycles. The van der Waals surface area contributed by atoms with Crippen LogP contribution in [0.1, 0.15) is 25.7 Å². The van der Waals surface area contributed by atoms with E-state index in [4.69, 9.17) is 0 Å². The van der Waals surface area contributed by atoms with Crippen LogP contribution in [0.3, 0.4) is 0 Å². The number of aromatic nitrogens is 2. The largest absolute Gasteiger partial charge is 0.371 e. The number of carbonyl (C=O) groups excluding carboxylic acids is 1. The van der Waals surface area contributed by atoms with E-state index in [9.17, 15) is 9.18 Å². The number of amides is 1. The summed E-state index contributed by atoms with van der Waals surface area (Å²) < 4.78 is 14.1. The van der Waals surface area contributed by atoms with E-state index >= 15 is 0 Å². The minimum atomic E-state index is -0.322. The fourth-order valence-corrected chi connectivity index (χ4v) is 3.88. The SMILES string of the molecule is O=C(Nc1cc(F)cc(N2CCCC2)c1)C1CCCN(c2ncccn2)C1. The van der Waals surface area contributed by atoms with Gasteiger partial charge in [-0.1, -0.05) is 0 Å². The fraction of sp³-hybridized carbons (Fsp3) is 0.450. The van der Waals surface area contributed by atoms with Crippen LogP contribution in [-0.2, 0) is 4.79 Å². The number of hydrogen-bond donors (Lipinski definition) is 1. The summed E-state index contributed by atoms with van der Waals surface area (Å²) in [6.07, 6.45) is 7.37. The quantitative estimate of drug-likeness (QED) is 0.897. The first-order chi connectivity index (χ1) is 13.2. The Morgan fingerprint density at radius 1 is 1.04 bits per heavy atom. The van der Waals surface area contributed by atoms with Crippen molar-refractivity contribution in [3.8, 4) is 0 Å². The van der Waals surface area contributed by atoms with Crippen LogP contribution in [-0.4, -0.2) is 42.1 Å². The molecule has 2 fully saturated rings. The highest BCUT2D eigenvalue weighted by Gasteiger charge is 2.27. The molecule has 0 radical (unpaired) electrons. The lowest BCUT2D eigenvalue weighted by molar-refractivity contribution is -0.120. The van der Waals surface area contributed by atoms with Crippen molar-refractivity contribution in [1.29, 1.82) is 0 Å². The maximum atomic E-state index is 14.1. The number of nitrogens with zero attached hydrogens (tertiary/aromatic N) is 4. The lowest BCUT2D eigenvalue weighted by atomic mass is 9.97. The minimum absolute atomic E-state index is 0.0754. The highest BCUT2D eigenvalue weighted by molar-refractivity contribution is 5.93. The molecule has 2 aliphatic heterocycles. The third kappa shape index (κ3) is 4.18. The van der Waals surface area contributed by atoms with E-state index in [1.165, 1.54) is 12.1 Å². The van der Waals surface area contributed by atoms with Crippen molar-refractivity contribution in [3.63, 3.8) is 0 Å². The van der Waals surface area contributed by atoms with Crippen molar-refractivity contribution in [2.75, 3.05) is 41.3 Å². The van der Waals surface area contributed by atoms with Crippen molar-refractivity contribution in [2.24, 2.45) is 5.92 Å². The Morgan fingerprint density at radius 3 is 2.56 bits per heavy atom. The van der Waals surface area contributed by atoms with Gasteiger partial charge in [-0.15, -0.1) is 0 Å². The Labute approximate surface area is 158 Å². The first kappa shape index (κ1) is 17.7. The zero-order chi connectivity index (χ0) is 18.6. The molecule has 0 bridgehead atoms. The standard InChI is InChI=1S/C20H24FN5O/c21-16-11-17(13-18(12-16)25-8-1-2-9-25)24-19(27)15-5-3-10-26(14-15)20-22-6-4-7-23-20/h4,6-7,11-13,15H,1-3,5,8-10,14H2,(H,24,27). The molecule has 4 rings (SSSR count). The molecule has 1 aromatic carbocycles. The van der Waals surface area contributed by atoms with Crippen molar-refractivity contribution in [1.82, 2.24) is 9.97 Å². The van der Waals surface area contributed by atoms with Gasteiger partial charge in [-0.05, 0) is 49.9 Å². The summed E-state index contributed by atoms with van der Waals surface area (Å²) in [5, 5.41) is 2.92. The van der Waals surface area contributed by atoms with Gasteiger partial charge < -0.3 is 15.1 Å². The third-order valence-electron chi connectivity index (χ3n) is 5.25. The van der Waals surface area contributed by atoms with Crippen LogP contribution in [0, 0.1) is 11.7 Å². The van der Waals surface area contributed by atoms with Crippen molar-refractivity contribution < 1.29 is 9.18 Å². The molecule has 2 aliphatic rings. The van der Waals surface area contributed by atoms with Gasteiger partial charge in [-0.2, -0.15) is 0 Å². The number of hydrogen-bond acceptors (Lipinski definition) is 5. The monoisotopic (exact) mass is 369 g/mol. The molecule has 1 aromatic heterocycles. The van der Waals surface area contributed by atoms with E-state index in [0.29, 0.717) is 18.2 Å². The van der Waals surface area contributed by atoms with Crippen LogP contribution < -0.4 is 15.1 Å². The lowest BCUT2D eigenvalue weighted by Gasteiger charge is -2.32. The second kappa shape index (κ2) is 7.90. The van der Waals surface area contributed by atoms with Gasteiger partial charge in [-0.3, -0.25) is 4.79 Å². The Bertz CT molecular complexity index is 794. The van der Waals surface area contributed by atoms with E-state index in [-0.39, 0.29) is 17.6 Å². The molecule has 1 N–H and O–H groups in total. The molecular weight excluding hydrogens is 345 g/mol. The molecule has 6 nitrogen and oxygen atoms in total. The summed E-state index contributed by atoms with van der Waals surface area (Å²) in [7, 11) is 0. The zero-order valence-electron chi connectivity index (χ0n) is 15.3. The van der Waals surface area contributed by atoms with E-state index in [0.717, 1.165) is 51.0 Å². The molecule has 2 aromatic rings. The van der Waals surface area contributed by atoms with Crippen LogP contribution in [0.5, 0.6) is 0 Å². The van der Waals surface area contributed by atoms with E-state index in [2.05, 4.69) is 20.2 Å². The highest BCUT2D eigenvalue weighted by Crippen LogP contribution is 2.27. The maximum Gasteiger partial charge on any atom is 0.229 e. The van der Waals surface area contributed by atoms with Gasteiger partial charge in [0.15, 0.2) is 0 Å². The molecule has 1 amide bonds. The number of halogens is 1. The molecule has 7 heteroatoms. The number of carbonyl (C=O) groups is 1. The molecule has 2 saturated heterocycles. The van der Waals surface area contributed by atoms with Crippen molar-refractivity contribution in [3.05, 3.63) is 42.5 Å².